The van der Waals surface area contributed by atoms with Crippen molar-refractivity contribution in [3.8, 4) is 0 Å². The summed E-state index contributed by atoms with van der Waals surface area (Å²) >= 11 is 6.86. The fourth-order valence-corrected chi connectivity index (χ4v) is 3.26. The smallest absolute Gasteiger partial charge is 0.255 e. The van der Waals surface area contributed by atoms with Crippen molar-refractivity contribution in [2.45, 2.75) is 27.7 Å². The summed E-state index contributed by atoms with van der Waals surface area (Å²) in [6.45, 7) is 10.4. The van der Waals surface area contributed by atoms with Crippen LogP contribution >= 0.6 is 31.9 Å². The highest BCUT2D eigenvalue weighted by Crippen LogP contribution is 2.28. The number of benzene rings is 1. The number of amides is 2. The average Bonchev–Trinajstić information content (AvgIpc) is 2.51. The molecule has 122 valence electrons. The van der Waals surface area contributed by atoms with E-state index in [0.717, 1.165) is 0 Å². The number of hydrogen-bond donors (Lipinski definition) is 0. The molecule has 0 fully saturated rings. The molecule has 0 unspecified atom stereocenters. The summed E-state index contributed by atoms with van der Waals surface area (Å²) in [4.78, 5) is 28.5. The molecule has 0 aromatic heterocycles. The van der Waals surface area contributed by atoms with Gasteiger partial charge in [-0.1, -0.05) is 0 Å². The van der Waals surface area contributed by atoms with E-state index in [2.05, 4.69) is 31.9 Å². The van der Waals surface area contributed by atoms with Crippen molar-refractivity contribution >= 4 is 43.7 Å². The largest absolute Gasteiger partial charge is 0.339 e. The summed E-state index contributed by atoms with van der Waals surface area (Å²) in [6, 6.07) is 3.45. The Hall–Kier alpha value is -0.880. The van der Waals surface area contributed by atoms with Gasteiger partial charge >= 0.3 is 0 Å². The molecule has 0 aliphatic carbocycles. The predicted octanol–water partition coefficient (Wildman–Crippen LogP) is 4.18. The van der Waals surface area contributed by atoms with Gasteiger partial charge < -0.3 is 9.80 Å². The van der Waals surface area contributed by atoms with Gasteiger partial charge in [0.25, 0.3) is 11.8 Å². The third kappa shape index (κ3) is 4.10. The SMILES string of the molecule is CCN(CC)C(=O)c1cc(Br)c(C(=O)N(CC)CC)cc1Br. The topological polar surface area (TPSA) is 40.6 Å². The maximum Gasteiger partial charge on any atom is 0.255 e. The Kier molecular flexibility index (Phi) is 7.56. The van der Waals surface area contributed by atoms with E-state index in [0.29, 0.717) is 46.3 Å². The zero-order valence-electron chi connectivity index (χ0n) is 13.4. The summed E-state index contributed by atoms with van der Waals surface area (Å²) < 4.78 is 1.28. The van der Waals surface area contributed by atoms with Crippen LogP contribution in [0.25, 0.3) is 0 Å². The van der Waals surface area contributed by atoms with Crippen LogP contribution in [-0.2, 0) is 0 Å². The van der Waals surface area contributed by atoms with E-state index in [1.165, 1.54) is 0 Å². The van der Waals surface area contributed by atoms with Gasteiger partial charge in [0.1, 0.15) is 0 Å². The first-order valence-corrected chi connectivity index (χ1v) is 9.07. The molecule has 0 radical (unpaired) electrons. The van der Waals surface area contributed by atoms with E-state index >= 15 is 0 Å². The van der Waals surface area contributed by atoms with E-state index in [4.69, 9.17) is 0 Å². The van der Waals surface area contributed by atoms with E-state index in [1.54, 1.807) is 21.9 Å². The summed E-state index contributed by atoms with van der Waals surface area (Å²) in [5, 5.41) is 0. The second kappa shape index (κ2) is 8.67. The van der Waals surface area contributed by atoms with Crippen molar-refractivity contribution in [2.75, 3.05) is 26.2 Å². The predicted molar refractivity (Wildman–Crippen MR) is 96.3 cm³/mol. The fourth-order valence-electron chi connectivity index (χ4n) is 2.24. The Labute approximate surface area is 149 Å². The normalized spacial score (nSPS) is 10.5. The highest BCUT2D eigenvalue weighted by molar-refractivity contribution is 9.11. The van der Waals surface area contributed by atoms with Gasteiger partial charge in [0, 0.05) is 35.1 Å². The summed E-state index contributed by atoms with van der Waals surface area (Å²) in [6.07, 6.45) is 0. The molecule has 1 rings (SSSR count). The van der Waals surface area contributed by atoms with Gasteiger partial charge in [-0.3, -0.25) is 9.59 Å². The van der Waals surface area contributed by atoms with Crippen molar-refractivity contribution in [2.24, 2.45) is 0 Å². The lowest BCUT2D eigenvalue weighted by Crippen LogP contribution is -2.32. The van der Waals surface area contributed by atoms with Crippen LogP contribution in [0, 0.1) is 0 Å². The quantitative estimate of drug-likeness (QED) is 0.675. The number of halogens is 2. The van der Waals surface area contributed by atoms with Crippen molar-refractivity contribution < 1.29 is 9.59 Å². The first kappa shape index (κ1) is 19.2. The van der Waals surface area contributed by atoms with E-state index in [-0.39, 0.29) is 11.8 Å². The van der Waals surface area contributed by atoms with E-state index < -0.39 is 0 Å². The van der Waals surface area contributed by atoms with Gasteiger partial charge in [-0.15, -0.1) is 0 Å². The molecule has 0 saturated carbocycles. The van der Waals surface area contributed by atoms with Crippen LogP contribution in [0.1, 0.15) is 48.4 Å². The molecule has 1 aromatic rings. The Morgan fingerprint density at radius 1 is 0.773 bits per heavy atom. The van der Waals surface area contributed by atoms with Crippen molar-refractivity contribution in [1.82, 2.24) is 9.80 Å². The average molecular weight is 434 g/mol. The minimum Gasteiger partial charge on any atom is -0.339 e. The molecule has 0 bridgehead atoms. The summed E-state index contributed by atoms with van der Waals surface area (Å²) in [7, 11) is 0. The maximum atomic E-state index is 12.5. The molecule has 0 spiro atoms. The lowest BCUT2D eigenvalue weighted by molar-refractivity contribution is 0.0759. The van der Waals surface area contributed by atoms with Crippen molar-refractivity contribution in [1.29, 1.82) is 0 Å². The molecule has 0 aliphatic rings. The highest BCUT2D eigenvalue weighted by atomic mass is 79.9. The monoisotopic (exact) mass is 432 g/mol. The second-order valence-corrected chi connectivity index (χ2v) is 6.48. The highest BCUT2D eigenvalue weighted by Gasteiger charge is 2.21. The van der Waals surface area contributed by atoms with Crippen LogP contribution in [0.4, 0.5) is 0 Å². The van der Waals surface area contributed by atoms with Gasteiger partial charge in [0.2, 0.25) is 0 Å². The fraction of sp³-hybridized carbons (Fsp3) is 0.500. The number of hydrogen-bond acceptors (Lipinski definition) is 2. The standard InChI is InChI=1S/C16H22Br2N2O2/c1-5-19(6-2)15(21)11-9-14(18)12(10-13(11)17)16(22)20(7-3)8-4/h9-10H,5-8H2,1-4H3. The third-order valence-corrected chi connectivity index (χ3v) is 4.93. The zero-order chi connectivity index (χ0) is 16.9. The van der Waals surface area contributed by atoms with E-state index in [1.807, 2.05) is 27.7 Å². The number of carbonyl (C=O) groups is 2. The van der Waals surface area contributed by atoms with Crippen molar-refractivity contribution in [3.63, 3.8) is 0 Å². The molecule has 0 atom stereocenters. The first-order valence-electron chi connectivity index (χ1n) is 7.48. The molecular formula is C16H22Br2N2O2. The molecule has 0 N–H and O–H groups in total. The molecule has 0 heterocycles. The van der Waals surface area contributed by atoms with Gasteiger partial charge in [0.05, 0.1) is 11.1 Å². The Bertz CT molecular complexity index is 504. The summed E-state index contributed by atoms with van der Waals surface area (Å²) in [5.41, 5.74) is 1.12. The third-order valence-electron chi connectivity index (χ3n) is 3.62. The molecule has 1 aromatic carbocycles. The van der Waals surface area contributed by atoms with Crippen molar-refractivity contribution in [3.05, 3.63) is 32.2 Å². The molecule has 22 heavy (non-hydrogen) atoms. The zero-order valence-corrected chi connectivity index (χ0v) is 16.6. The van der Waals surface area contributed by atoms with Crippen LogP contribution in [0.2, 0.25) is 0 Å². The number of rotatable bonds is 6. The molecule has 6 heteroatoms. The molecular weight excluding hydrogens is 412 g/mol. The minimum absolute atomic E-state index is 0.0422. The second-order valence-electron chi connectivity index (χ2n) is 4.77. The lowest BCUT2D eigenvalue weighted by Gasteiger charge is -2.22. The van der Waals surface area contributed by atoms with Crippen LogP contribution in [0.3, 0.4) is 0 Å². The first-order chi connectivity index (χ1) is 10.4. The van der Waals surface area contributed by atoms with Crippen LogP contribution < -0.4 is 0 Å². The van der Waals surface area contributed by atoms with Gasteiger partial charge in [-0.25, -0.2) is 0 Å². The summed E-state index contributed by atoms with van der Waals surface area (Å²) in [5.74, 6) is -0.0844. The van der Waals surface area contributed by atoms with Crippen LogP contribution in [-0.4, -0.2) is 47.8 Å². The molecule has 0 saturated heterocycles. The maximum absolute atomic E-state index is 12.5. The molecule has 4 nitrogen and oxygen atoms in total. The van der Waals surface area contributed by atoms with Crippen LogP contribution in [0.5, 0.6) is 0 Å². The lowest BCUT2D eigenvalue weighted by atomic mass is 10.1. The number of carbonyl (C=O) groups excluding carboxylic acids is 2. The minimum atomic E-state index is -0.0422. The van der Waals surface area contributed by atoms with Gasteiger partial charge in [0.15, 0.2) is 0 Å². The Morgan fingerprint density at radius 3 is 1.27 bits per heavy atom. The number of nitrogens with zero attached hydrogens (tertiary/aromatic N) is 2. The van der Waals surface area contributed by atoms with E-state index in [9.17, 15) is 9.59 Å². The van der Waals surface area contributed by atoms with Gasteiger partial charge in [-0.05, 0) is 71.7 Å². The van der Waals surface area contributed by atoms with Crippen LogP contribution in [0.15, 0.2) is 21.1 Å². The molecule has 0 aliphatic heterocycles. The molecule has 2 amide bonds. The Balaban J connectivity index is 3.22. The van der Waals surface area contributed by atoms with Gasteiger partial charge in [-0.2, -0.15) is 0 Å². The Morgan fingerprint density at radius 2 is 1.05 bits per heavy atom.